The topological polar surface area (TPSA) is 99.9 Å². The molecule has 0 amide bonds. The Morgan fingerprint density at radius 1 is 1.19 bits per heavy atom. The van der Waals surface area contributed by atoms with Crippen molar-refractivity contribution in [3.63, 3.8) is 0 Å². The van der Waals surface area contributed by atoms with Crippen LogP contribution in [0.15, 0.2) is 4.79 Å². The van der Waals surface area contributed by atoms with Gasteiger partial charge in [-0.2, -0.15) is 0 Å². The molecule has 0 spiro atoms. The molecule has 3 fully saturated rings. The second-order valence-corrected chi connectivity index (χ2v) is 12.3. The minimum absolute atomic E-state index is 0.0727. The van der Waals surface area contributed by atoms with Gasteiger partial charge in [0, 0.05) is 29.6 Å². The number of fused-ring (bicyclic) bond motifs is 2. The Kier molecular flexibility index (Phi) is 8.27. The van der Waals surface area contributed by atoms with Crippen molar-refractivity contribution in [2.75, 3.05) is 27.2 Å². The second-order valence-electron chi connectivity index (χ2n) is 11.7. The van der Waals surface area contributed by atoms with E-state index in [1.165, 1.54) is 0 Å². The number of likely N-dealkylation sites (N-methyl/N-ethyl adjacent to an activating group) is 1. The Labute approximate surface area is 224 Å². The summed E-state index contributed by atoms with van der Waals surface area (Å²) in [6.07, 6.45) is 7.99. The highest BCUT2D eigenvalue weighted by Gasteiger charge is 2.48. The summed E-state index contributed by atoms with van der Waals surface area (Å²) in [6, 6.07) is 0.120. The fourth-order valence-corrected chi connectivity index (χ4v) is 7.70. The summed E-state index contributed by atoms with van der Waals surface area (Å²) < 4.78 is 8.32. The van der Waals surface area contributed by atoms with Gasteiger partial charge in [-0.15, -0.1) is 11.6 Å². The average molecular weight is 536 g/mol. The van der Waals surface area contributed by atoms with E-state index < -0.39 is 12.0 Å². The van der Waals surface area contributed by atoms with Gasteiger partial charge in [0.05, 0.1) is 24.9 Å². The normalized spacial score (nSPS) is 34.4. The van der Waals surface area contributed by atoms with E-state index in [9.17, 15) is 14.7 Å². The molecule has 37 heavy (non-hydrogen) atoms. The fourth-order valence-electron chi connectivity index (χ4n) is 7.37. The summed E-state index contributed by atoms with van der Waals surface area (Å²) >= 11 is 6.65. The molecule has 0 aromatic carbocycles. The molecule has 0 bridgehead atoms. The lowest BCUT2D eigenvalue weighted by atomic mass is 9.72. The number of hydrogen-bond donors (Lipinski definition) is 2. The molecule has 3 heterocycles. The number of aryl methyl sites for hydroxylation is 2. The van der Waals surface area contributed by atoms with Gasteiger partial charge in [-0.1, -0.05) is 0 Å². The third kappa shape index (κ3) is 5.48. The minimum atomic E-state index is -0.751. The molecule has 2 N–H and O–H groups in total. The number of nitrogens with zero attached hydrogens (tertiary/aromatic N) is 4. The summed E-state index contributed by atoms with van der Waals surface area (Å²) in [5.74, 6) is 0.656. The molecule has 7 atom stereocenters. The number of carboxylic acid groups (broad SMARTS) is 1. The predicted octanol–water partition coefficient (Wildman–Crippen LogP) is 2.21. The SMILES string of the molecule is Cc1nc2c(c(=O)n1CCOC1CCC(Cl)CC1C1CCNN3C(C(=O)O)CCC13)CC(N(C)C)CC2. The first-order chi connectivity index (χ1) is 17.7. The number of aromatic nitrogens is 2. The van der Waals surface area contributed by atoms with Crippen LogP contribution in [0.5, 0.6) is 0 Å². The molecule has 1 saturated carbocycles. The van der Waals surface area contributed by atoms with Crippen molar-refractivity contribution in [3.05, 3.63) is 27.4 Å². The summed E-state index contributed by atoms with van der Waals surface area (Å²) in [4.78, 5) is 32.2. The lowest BCUT2D eigenvalue weighted by Crippen LogP contribution is -2.58. The molecule has 4 aliphatic rings. The Balaban J connectivity index is 1.27. The highest BCUT2D eigenvalue weighted by atomic mass is 35.5. The van der Waals surface area contributed by atoms with Crippen molar-refractivity contribution >= 4 is 17.6 Å². The van der Waals surface area contributed by atoms with Crippen LogP contribution in [0.4, 0.5) is 0 Å². The van der Waals surface area contributed by atoms with Crippen molar-refractivity contribution in [1.29, 1.82) is 0 Å². The summed E-state index contributed by atoms with van der Waals surface area (Å²) in [6.45, 7) is 3.66. The number of aliphatic carboxylic acids is 1. The van der Waals surface area contributed by atoms with E-state index in [0.29, 0.717) is 37.5 Å². The molecule has 1 aromatic rings. The third-order valence-electron chi connectivity index (χ3n) is 9.37. The Morgan fingerprint density at radius 3 is 2.76 bits per heavy atom. The second kappa shape index (κ2) is 11.3. The number of rotatable bonds is 7. The molecule has 7 unspecified atom stereocenters. The molecular weight excluding hydrogens is 494 g/mol. The van der Waals surface area contributed by atoms with Gasteiger partial charge in [0.25, 0.3) is 5.56 Å². The van der Waals surface area contributed by atoms with Gasteiger partial charge in [-0.05, 0) is 90.6 Å². The van der Waals surface area contributed by atoms with Gasteiger partial charge in [-0.25, -0.2) is 9.99 Å². The van der Waals surface area contributed by atoms with Gasteiger partial charge < -0.3 is 14.7 Å². The van der Waals surface area contributed by atoms with Crippen LogP contribution in [0.3, 0.4) is 0 Å². The van der Waals surface area contributed by atoms with Crippen LogP contribution in [0.1, 0.15) is 62.0 Å². The number of carboxylic acids is 1. The largest absolute Gasteiger partial charge is 0.480 e. The molecule has 1 aromatic heterocycles. The summed E-state index contributed by atoms with van der Waals surface area (Å²) in [5, 5.41) is 11.8. The lowest BCUT2D eigenvalue weighted by Gasteiger charge is -2.46. The van der Waals surface area contributed by atoms with Gasteiger partial charge in [-0.3, -0.25) is 19.6 Å². The zero-order valence-corrected chi connectivity index (χ0v) is 23.1. The number of halogens is 1. The molecule has 2 aliphatic heterocycles. The molecule has 9 nitrogen and oxygen atoms in total. The number of hydrazine groups is 1. The van der Waals surface area contributed by atoms with Crippen molar-refractivity contribution < 1.29 is 14.6 Å². The number of alkyl halides is 1. The first-order valence-electron chi connectivity index (χ1n) is 14.0. The first-order valence-corrected chi connectivity index (χ1v) is 14.4. The molecular formula is C27H42ClN5O4. The molecule has 206 valence electrons. The molecule has 2 saturated heterocycles. The predicted molar refractivity (Wildman–Crippen MR) is 142 cm³/mol. The molecule has 2 aliphatic carbocycles. The van der Waals surface area contributed by atoms with E-state index >= 15 is 0 Å². The van der Waals surface area contributed by atoms with Gasteiger partial charge in [0.15, 0.2) is 0 Å². The number of hydrogen-bond acceptors (Lipinski definition) is 7. The van der Waals surface area contributed by atoms with Crippen LogP contribution in [0.2, 0.25) is 0 Å². The molecule has 10 heteroatoms. The maximum atomic E-state index is 13.4. The Bertz CT molecular complexity index is 1050. The average Bonchev–Trinajstić information content (AvgIpc) is 3.31. The number of ether oxygens (including phenoxy) is 1. The summed E-state index contributed by atoms with van der Waals surface area (Å²) in [7, 11) is 4.15. The lowest BCUT2D eigenvalue weighted by molar-refractivity contribution is -0.146. The fraction of sp³-hybridized carbons (Fsp3) is 0.815. The van der Waals surface area contributed by atoms with E-state index in [4.69, 9.17) is 21.3 Å². The maximum Gasteiger partial charge on any atom is 0.322 e. The quantitative estimate of drug-likeness (QED) is 0.513. The molecule has 5 rings (SSSR count). The van der Waals surface area contributed by atoms with Crippen molar-refractivity contribution in [1.82, 2.24) is 24.9 Å². The monoisotopic (exact) mass is 535 g/mol. The minimum Gasteiger partial charge on any atom is -0.480 e. The van der Waals surface area contributed by atoms with Crippen LogP contribution in [-0.4, -0.2) is 87.4 Å². The highest BCUT2D eigenvalue weighted by molar-refractivity contribution is 6.20. The van der Waals surface area contributed by atoms with Crippen molar-refractivity contribution in [2.45, 2.75) is 101 Å². The Morgan fingerprint density at radius 2 is 2.00 bits per heavy atom. The Hall–Kier alpha value is -1.52. The molecule has 0 radical (unpaired) electrons. The standard InChI is InChI=1S/C27H42ClN5O4/c1-16-30-22-6-5-18(31(2)3)15-21(22)26(34)32(16)12-13-37-25-9-4-17(28)14-20(25)19-10-11-29-33-23(19)7-8-24(33)27(35)36/h17-20,23-25,29H,4-15H2,1-3H3,(H,35,36). The van der Waals surface area contributed by atoms with Crippen LogP contribution in [0.25, 0.3) is 0 Å². The van der Waals surface area contributed by atoms with Gasteiger partial charge >= 0.3 is 5.97 Å². The van der Waals surface area contributed by atoms with Crippen LogP contribution in [-0.2, 0) is 28.9 Å². The zero-order chi connectivity index (χ0) is 26.3. The zero-order valence-electron chi connectivity index (χ0n) is 22.4. The van der Waals surface area contributed by atoms with E-state index in [-0.39, 0.29) is 23.1 Å². The summed E-state index contributed by atoms with van der Waals surface area (Å²) in [5.41, 5.74) is 5.26. The van der Waals surface area contributed by atoms with Crippen LogP contribution < -0.4 is 11.0 Å². The van der Waals surface area contributed by atoms with E-state index in [0.717, 1.165) is 75.0 Å². The van der Waals surface area contributed by atoms with E-state index in [1.807, 2.05) is 11.9 Å². The van der Waals surface area contributed by atoms with Crippen LogP contribution >= 0.6 is 11.6 Å². The van der Waals surface area contributed by atoms with Gasteiger partial charge in [0.1, 0.15) is 11.9 Å². The maximum absolute atomic E-state index is 13.4. The van der Waals surface area contributed by atoms with Crippen LogP contribution in [0, 0.1) is 18.8 Å². The van der Waals surface area contributed by atoms with Crippen molar-refractivity contribution in [3.8, 4) is 0 Å². The number of carbonyl (C=O) groups is 1. The highest BCUT2D eigenvalue weighted by Crippen LogP contribution is 2.43. The first kappa shape index (κ1) is 27.1. The third-order valence-corrected chi connectivity index (χ3v) is 9.77. The smallest absolute Gasteiger partial charge is 0.322 e. The van der Waals surface area contributed by atoms with Crippen molar-refractivity contribution in [2.24, 2.45) is 11.8 Å². The van der Waals surface area contributed by atoms with E-state index in [1.54, 1.807) is 4.57 Å². The van der Waals surface area contributed by atoms with Gasteiger partial charge in [0.2, 0.25) is 0 Å². The van der Waals surface area contributed by atoms with E-state index in [2.05, 4.69) is 24.4 Å². The number of nitrogens with one attached hydrogen (secondary N) is 1.